The Hall–Kier alpha value is -2.63. The Morgan fingerprint density at radius 3 is 2.42 bits per heavy atom. The van der Waals surface area contributed by atoms with Crippen molar-refractivity contribution in [3.63, 3.8) is 0 Å². The second kappa shape index (κ2) is 10.1. The second-order valence-electron chi connectivity index (χ2n) is 8.60. The SMILES string of the molecule is COc1ccc(NC(=O)Cc2ccc(S(=O)(=O)N3CCCC3)s2)cc1NC(=O)OC(C)(C)C. The van der Waals surface area contributed by atoms with Crippen LogP contribution in [-0.2, 0) is 26.0 Å². The van der Waals surface area contributed by atoms with Crippen molar-refractivity contribution in [2.45, 2.75) is 49.8 Å². The quantitative estimate of drug-likeness (QED) is 0.599. The van der Waals surface area contributed by atoms with Gasteiger partial charge in [-0.3, -0.25) is 10.1 Å². The Balaban J connectivity index is 1.66. The molecule has 0 spiro atoms. The van der Waals surface area contributed by atoms with E-state index in [9.17, 15) is 18.0 Å². The normalized spacial score (nSPS) is 14.7. The highest BCUT2D eigenvalue weighted by Gasteiger charge is 2.28. The number of nitrogens with one attached hydrogen (secondary N) is 2. The zero-order chi connectivity index (χ0) is 24.2. The summed E-state index contributed by atoms with van der Waals surface area (Å²) in [5, 5.41) is 5.39. The molecule has 33 heavy (non-hydrogen) atoms. The lowest BCUT2D eigenvalue weighted by Gasteiger charge is -2.20. The minimum atomic E-state index is -3.50. The molecule has 2 N–H and O–H groups in total. The van der Waals surface area contributed by atoms with E-state index in [0.29, 0.717) is 35.1 Å². The number of sulfonamides is 1. The van der Waals surface area contributed by atoms with Crippen LogP contribution in [0.5, 0.6) is 5.75 Å². The van der Waals surface area contributed by atoms with E-state index >= 15 is 0 Å². The monoisotopic (exact) mass is 495 g/mol. The Labute approximate surface area is 198 Å². The van der Waals surface area contributed by atoms with Crippen LogP contribution in [0.25, 0.3) is 0 Å². The van der Waals surface area contributed by atoms with Crippen LogP contribution in [0.3, 0.4) is 0 Å². The molecule has 0 radical (unpaired) electrons. The van der Waals surface area contributed by atoms with E-state index in [1.165, 1.54) is 11.4 Å². The zero-order valence-corrected chi connectivity index (χ0v) is 20.8. The number of anilines is 2. The van der Waals surface area contributed by atoms with Gasteiger partial charge in [0.25, 0.3) is 10.0 Å². The molecule has 1 fully saturated rings. The molecule has 1 aromatic carbocycles. The number of ether oxygens (including phenoxy) is 2. The molecular weight excluding hydrogens is 466 g/mol. The van der Waals surface area contributed by atoms with E-state index in [2.05, 4.69) is 10.6 Å². The van der Waals surface area contributed by atoms with Crippen LogP contribution in [0.4, 0.5) is 16.2 Å². The van der Waals surface area contributed by atoms with Gasteiger partial charge in [-0.1, -0.05) is 0 Å². The molecule has 180 valence electrons. The summed E-state index contributed by atoms with van der Waals surface area (Å²) >= 11 is 1.10. The summed E-state index contributed by atoms with van der Waals surface area (Å²) in [6.07, 6.45) is 1.12. The molecule has 0 saturated carbocycles. The molecule has 1 aliphatic rings. The van der Waals surface area contributed by atoms with Crippen molar-refractivity contribution in [3.05, 3.63) is 35.2 Å². The van der Waals surface area contributed by atoms with Crippen molar-refractivity contribution < 1.29 is 27.5 Å². The maximum absolute atomic E-state index is 12.7. The van der Waals surface area contributed by atoms with Crippen LogP contribution in [0.2, 0.25) is 0 Å². The van der Waals surface area contributed by atoms with Crippen LogP contribution >= 0.6 is 11.3 Å². The Kier molecular flexibility index (Phi) is 7.65. The molecule has 2 aromatic rings. The van der Waals surface area contributed by atoms with Crippen LogP contribution in [0, 0.1) is 0 Å². The molecule has 3 rings (SSSR count). The van der Waals surface area contributed by atoms with Gasteiger partial charge in [-0.15, -0.1) is 11.3 Å². The van der Waals surface area contributed by atoms with Crippen molar-refractivity contribution in [2.75, 3.05) is 30.8 Å². The van der Waals surface area contributed by atoms with Gasteiger partial charge < -0.3 is 14.8 Å². The van der Waals surface area contributed by atoms with E-state index in [1.807, 2.05) is 0 Å². The number of methoxy groups -OCH3 is 1. The van der Waals surface area contributed by atoms with Gasteiger partial charge in [-0.05, 0) is 63.9 Å². The molecule has 9 nitrogen and oxygen atoms in total. The maximum atomic E-state index is 12.7. The highest BCUT2D eigenvalue weighted by Crippen LogP contribution is 2.30. The number of nitrogens with zero attached hydrogens (tertiary/aromatic N) is 1. The summed E-state index contributed by atoms with van der Waals surface area (Å²) < 4.78 is 37.6. The molecule has 2 heterocycles. The number of carbonyl (C=O) groups is 2. The molecule has 0 bridgehead atoms. The summed E-state index contributed by atoms with van der Waals surface area (Å²) in [4.78, 5) is 25.3. The lowest BCUT2D eigenvalue weighted by molar-refractivity contribution is -0.115. The maximum Gasteiger partial charge on any atom is 0.412 e. The van der Waals surface area contributed by atoms with Crippen LogP contribution < -0.4 is 15.4 Å². The van der Waals surface area contributed by atoms with Gasteiger partial charge in [0.1, 0.15) is 15.6 Å². The number of benzene rings is 1. The fourth-order valence-electron chi connectivity index (χ4n) is 3.31. The first-order valence-electron chi connectivity index (χ1n) is 10.5. The Morgan fingerprint density at radius 2 is 1.79 bits per heavy atom. The van der Waals surface area contributed by atoms with Crippen LogP contribution in [0.1, 0.15) is 38.5 Å². The first-order chi connectivity index (χ1) is 15.5. The molecule has 2 amide bonds. The average Bonchev–Trinajstić information content (AvgIpc) is 3.39. The van der Waals surface area contributed by atoms with Gasteiger partial charge in [-0.2, -0.15) is 4.31 Å². The van der Waals surface area contributed by atoms with E-state index < -0.39 is 21.7 Å². The lowest BCUT2D eigenvalue weighted by atomic mass is 10.2. The van der Waals surface area contributed by atoms with Crippen LogP contribution in [0.15, 0.2) is 34.5 Å². The van der Waals surface area contributed by atoms with Crippen molar-refractivity contribution >= 4 is 44.7 Å². The molecule has 1 aliphatic heterocycles. The molecule has 0 atom stereocenters. The zero-order valence-electron chi connectivity index (χ0n) is 19.1. The molecule has 0 aliphatic carbocycles. The van der Waals surface area contributed by atoms with Gasteiger partial charge in [0, 0.05) is 23.7 Å². The molecular formula is C22H29N3O6S2. The number of hydrogen-bond donors (Lipinski definition) is 2. The minimum Gasteiger partial charge on any atom is -0.495 e. The van der Waals surface area contributed by atoms with Gasteiger partial charge >= 0.3 is 6.09 Å². The Morgan fingerprint density at radius 1 is 1.09 bits per heavy atom. The highest BCUT2D eigenvalue weighted by atomic mass is 32.2. The number of hydrogen-bond acceptors (Lipinski definition) is 7. The van der Waals surface area contributed by atoms with Crippen molar-refractivity contribution in [1.29, 1.82) is 0 Å². The predicted molar refractivity (Wildman–Crippen MR) is 127 cm³/mol. The molecule has 1 aromatic heterocycles. The number of carbonyl (C=O) groups excluding carboxylic acids is 2. The predicted octanol–water partition coefficient (Wildman–Crippen LogP) is 4.07. The third kappa shape index (κ3) is 6.68. The van der Waals surface area contributed by atoms with Crippen molar-refractivity contribution in [1.82, 2.24) is 4.31 Å². The average molecular weight is 496 g/mol. The minimum absolute atomic E-state index is 0.0288. The number of thiophene rings is 1. The van der Waals surface area contributed by atoms with E-state index in [4.69, 9.17) is 9.47 Å². The fraction of sp³-hybridized carbons (Fsp3) is 0.455. The third-order valence-electron chi connectivity index (χ3n) is 4.75. The van der Waals surface area contributed by atoms with Crippen molar-refractivity contribution in [3.8, 4) is 5.75 Å². The highest BCUT2D eigenvalue weighted by molar-refractivity contribution is 7.91. The first kappa shape index (κ1) is 25.0. The first-order valence-corrected chi connectivity index (χ1v) is 12.8. The number of amides is 2. The van der Waals surface area contributed by atoms with E-state index in [1.54, 1.807) is 51.1 Å². The lowest BCUT2D eigenvalue weighted by Crippen LogP contribution is -2.27. The van der Waals surface area contributed by atoms with Gasteiger partial charge in [0.15, 0.2) is 0 Å². The van der Waals surface area contributed by atoms with Gasteiger partial charge in [0.2, 0.25) is 5.91 Å². The number of rotatable bonds is 7. The Bertz CT molecular complexity index is 1120. The van der Waals surface area contributed by atoms with E-state index in [-0.39, 0.29) is 16.5 Å². The molecule has 1 saturated heterocycles. The summed E-state index contributed by atoms with van der Waals surface area (Å²) in [6.45, 7) is 6.34. The standard InChI is InChI=1S/C22H29N3O6S2/c1-22(2,3)31-21(27)24-17-13-15(7-9-18(17)30-4)23-19(26)14-16-8-10-20(32-16)33(28,29)25-11-5-6-12-25/h7-10,13H,5-6,11-12,14H2,1-4H3,(H,23,26)(H,24,27). The molecule has 0 unspecified atom stereocenters. The summed E-state index contributed by atoms with van der Waals surface area (Å²) in [7, 11) is -2.03. The van der Waals surface area contributed by atoms with Gasteiger partial charge in [-0.25, -0.2) is 13.2 Å². The van der Waals surface area contributed by atoms with Crippen LogP contribution in [-0.4, -0.2) is 50.5 Å². The fourth-order valence-corrected chi connectivity index (χ4v) is 6.33. The second-order valence-corrected chi connectivity index (χ2v) is 11.9. The third-order valence-corrected chi connectivity index (χ3v) is 8.20. The van der Waals surface area contributed by atoms with E-state index in [0.717, 1.165) is 24.2 Å². The topological polar surface area (TPSA) is 114 Å². The molecule has 11 heteroatoms. The summed E-state index contributed by atoms with van der Waals surface area (Å²) in [5.74, 6) is 0.101. The smallest absolute Gasteiger partial charge is 0.412 e. The summed E-state index contributed by atoms with van der Waals surface area (Å²) in [6, 6.07) is 8.05. The van der Waals surface area contributed by atoms with Crippen molar-refractivity contribution in [2.24, 2.45) is 0 Å². The summed E-state index contributed by atoms with van der Waals surface area (Å²) in [5.41, 5.74) is 0.137. The van der Waals surface area contributed by atoms with Gasteiger partial charge in [0.05, 0.1) is 19.2 Å². The largest absolute Gasteiger partial charge is 0.495 e.